The van der Waals surface area contributed by atoms with E-state index in [1.165, 1.54) is 15.6 Å². The summed E-state index contributed by atoms with van der Waals surface area (Å²) < 4.78 is 1.32. The molecule has 0 aliphatic heterocycles. The maximum Gasteiger partial charge on any atom is 0.0738 e. The summed E-state index contributed by atoms with van der Waals surface area (Å²) in [6.45, 7) is 2.15. The third-order valence-electron chi connectivity index (χ3n) is 2.96. The highest BCUT2D eigenvalue weighted by Gasteiger charge is 2.17. The van der Waals surface area contributed by atoms with Crippen LogP contribution in [0.3, 0.4) is 0 Å². The minimum absolute atomic E-state index is 0.0410. The van der Waals surface area contributed by atoms with Crippen molar-refractivity contribution < 1.29 is 0 Å². The fourth-order valence-electron chi connectivity index (χ4n) is 1.95. The molecule has 16 heavy (non-hydrogen) atoms. The fraction of sp³-hybridized carbons (Fsp3) is 0.385. The number of nitrogens with one attached hydrogen (secondary N) is 1. The molecular weight excluding hydrogens is 238 g/mol. The van der Waals surface area contributed by atoms with Gasteiger partial charge in [-0.2, -0.15) is 0 Å². The molecule has 0 aliphatic rings. The van der Waals surface area contributed by atoms with Gasteiger partial charge in [-0.3, -0.25) is 0 Å². The number of likely N-dealkylation sites (N-methyl/N-ethyl adjacent to an activating group) is 1. The van der Waals surface area contributed by atoms with Crippen molar-refractivity contribution in [1.29, 1.82) is 0 Å². The average Bonchev–Trinajstić information content (AvgIpc) is 2.77. The molecule has 0 saturated carbocycles. The van der Waals surface area contributed by atoms with Crippen LogP contribution in [-0.2, 0) is 0 Å². The van der Waals surface area contributed by atoms with Crippen molar-refractivity contribution in [2.45, 2.75) is 24.8 Å². The number of alkyl halides is 1. The van der Waals surface area contributed by atoms with Crippen LogP contribution in [0.2, 0.25) is 0 Å². The number of rotatable bonds is 4. The summed E-state index contributed by atoms with van der Waals surface area (Å²) in [6.07, 6.45) is 1.03. The van der Waals surface area contributed by atoms with Crippen LogP contribution < -0.4 is 5.32 Å². The van der Waals surface area contributed by atoms with Crippen molar-refractivity contribution in [3.05, 3.63) is 35.2 Å². The van der Waals surface area contributed by atoms with Gasteiger partial charge in [-0.05, 0) is 48.0 Å². The quantitative estimate of drug-likeness (QED) is 0.806. The molecule has 0 amide bonds. The van der Waals surface area contributed by atoms with Crippen molar-refractivity contribution >= 4 is 33.0 Å². The van der Waals surface area contributed by atoms with Gasteiger partial charge in [-0.15, -0.1) is 22.9 Å². The standard InChI is InChI=1S/C13H16ClNS/c1-3-11(15-2)13(14)10-4-5-12-9(8-10)6-7-16-12/h4-8,11,13,15H,3H2,1-2H3. The van der Waals surface area contributed by atoms with Crippen LogP contribution in [0.4, 0.5) is 0 Å². The van der Waals surface area contributed by atoms with Gasteiger partial charge in [-0.1, -0.05) is 13.0 Å². The number of benzene rings is 1. The zero-order chi connectivity index (χ0) is 11.5. The minimum Gasteiger partial charge on any atom is -0.315 e. The first-order valence-corrected chi connectivity index (χ1v) is 6.86. The second-order valence-electron chi connectivity index (χ2n) is 3.92. The molecule has 86 valence electrons. The van der Waals surface area contributed by atoms with E-state index in [4.69, 9.17) is 11.6 Å². The number of fused-ring (bicyclic) bond motifs is 1. The molecule has 2 rings (SSSR count). The van der Waals surface area contributed by atoms with Gasteiger partial charge in [0.25, 0.3) is 0 Å². The molecule has 1 aromatic carbocycles. The van der Waals surface area contributed by atoms with Gasteiger partial charge in [0.15, 0.2) is 0 Å². The summed E-state index contributed by atoms with van der Waals surface area (Å²) in [5.74, 6) is 0. The average molecular weight is 254 g/mol. The summed E-state index contributed by atoms with van der Waals surface area (Å²) in [5.41, 5.74) is 1.20. The third kappa shape index (κ3) is 2.24. The van der Waals surface area contributed by atoms with Crippen LogP contribution in [0.15, 0.2) is 29.6 Å². The van der Waals surface area contributed by atoms with E-state index in [9.17, 15) is 0 Å². The highest BCUT2D eigenvalue weighted by molar-refractivity contribution is 7.17. The molecule has 3 heteroatoms. The molecule has 0 saturated heterocycles. The van der Waals surface area contributed by atoms with Gasteiger partial charge in [0.2, 0.25) is 0 Å². The van der Waals surface area contributed by atoms with Crippen LogP contribution in [0.25, 0.3) is 10.1 Å². The van der Waals surface area contributed by atoms with E-state index in [2.05, 4.69) is 41.9 Å². The van der Waals surface area contributed by atoms with Crippen LogP contribution >= 0.6 is 22.9 Å². The molecule has 0 radical (unpaired) electrons. The Labute approximate surface area is 105 Å². The second kappa shape index (κ2) is 5.17. The summed E-state index contributed by atoms with van der Waals surface area (Å²) in [5, 5.41) is 6.71. The first kappa shape index (κ1) is 11.9. The normalized spacial score (nSPS) is 15.2. The smallest absolute Gasteiger partial charge is 0.0738 e. The first-order valence-electron chi connectivity index (χ1n) is 5.54. The lowest BCUT2D eigenvalue weighted by atomic mass is 10.0. The van der Waals surface area contributed by atoms with Crippen LogP contribution in [0.1, 0.15) is 24.3 Å². The van der Waals surface area contributed by atoms with Crippen molar-refractivity contribution in [3.8, 4) is 0 Å². The van der Waals surface area contributed by atoms with E-state index in [1.807, 2.05) is 7.05 Å². The minimum atomic E-state index is 0.0410. The highest BCUT2D eigenvalue weighted by Crippen LogP contribution is 2.30. The lowest BCUT2D eigenvalue weighted by molar-refractivity contribution is 0.529. The van der Waals surface area contributed by atoms with E-state index >= 15 is 0 Å². The van der Waals surface area contributed by atoms with E-state index in [-0.39, 0.29) is 5.38 Å². The Hall–Kier alpha value is -0.570. The molecule has 2 atom stereocenters. The maximum atomic E-state index is 6.48. The Morgan fingerprint density at radius 1 is 1.38 bits per heavy atom. The molecule has 1 nitrogen and oxygen atoms in total. The predicted molar refractivity (Wildman–Crippen MR) is 73.6 cm³/mol. The summed E-state index contributed by atoms with van der Waals surface area (Å²) in [6, 6.07) is 8.97. The predicted octanol–water partition coefficient (Wildman–Crippen LogP) is 4.18. The van der Waals surface area contributed by atoms with Crippen molar-refractivity contribution in [2.24, 2.45) is 0 Å². The van der Waals surface area contributed by atoms with Gasteiger partial charge in [-0.25, -0.2) is 0 Å². The Balaban J connectivity index is 2.31. The molecule has 0 aliphatic carbocycles. The van der Waals surface area contributed by atoms with Gasteiger partial charge in [0, 0.05) is 10.7 Å². The van der Waals surface area contributed by atoms with Crippen LogP contribution in [0.5, 0.6) is 0 Å². The lowest BCUT2D eigenvalue weighted by Crippen LogP contribution is -2.28. The number of halogens is 1. The number of hydrogen-bond acceptors (Lipinski definition) is 2. The highest BCUT2D eigenvalue weighted by atomic mass is 35.5. The Morgan fingerprint density at radius 3 is 2.88 bits per heavy atom. The number of thiophene rings is 1. The summed E-state index contributed by atoms with van der Waals surface area (Å²) in [7, 11) is 1.96. The van der Waals surface area contributed by atoms with Crippen molar-refractivity contribution in [2.75, 3.05) is 7.05 Å². The SMILES string of the molecule is CCC(NC)C(Cl)c1ccc2sccc2c1. The molecule has 1 heterocycles. The molecular formula is C13H16ClNS. The monoisotopic (exact) mass is 253 g/mol. The molecule has 2 unspecified atom stereocenters. The van der Waals surface area contributed by atoms with Crippen molar-refractivity contribution in [1.82, 2.24) is 5.32 Å². The topological polar surface area (TPSA) is 12.0 Å². The fourth-order valence-corrected chi connectivity index (χ4v) is 3.16. The third-order valence-corrected chi connectivity index (χ3v) is 4.41. The summed E-state index contributed by atoms with van der Waals surface area (Å²) >= 11 is 8.25. The summed E-state index contributed by atoms with van der Waals surface area (Å²) in [4.78, 5) is 0. The molecule has 1 N–H and O–H groups in total. The zero-order valence-electron chi connectivity index (χ0n) is 9.53. The molecule has 2 aromatic rings. The number of hydrogen-bond donors (Lipinski definition) is 1. The first-order chi connectivity index (χ1) is 7.76. The molecule has 1 aromatic heterocycles. The van der Waals surface area contributed by atoms with E-state index < -0.39 is 0 Å². The van der Waals surface area contributed by atoms with E-state index in [0.29, 0.717) is 6.04 Å². The lowest BCUT2D eigenvalue weighted by Gasteiger charge is -2.20. The molecule has 0 spiro atoms. The Morgan fingerprint density at radius 2 is 2.19 bits per heavy atom. The molecule has 0 bridgehead atoms. The van der Waals surface area contributed by atoms with Gasteiger partial charge in [0.05, 0.1) is 5.38 Å². The maximum absolute atomic E-state index is 6.48. The van der Waals surface area contributed by atoms with Crippen LogP contribution in [-0.4, -0.2) is 13.1 Å². The van der Waals surface area contributed by atoms with Crippen LogP contribution in [0, 0.1) is 0 Å². The Kier molecular flexibility index (Phi) is 3.85. The molecule has 0 fully saturated rings. The Bertz CT molecular complexity index is 462. The zero-order valence-corrected chi connectivity index (χ0v) is 11.1. The largest absolute Gasteiger partial charge is 0.315 e. The van der Waals surface area contributed by atoms with Gasteiger partial charge < -0.3 is 5.32 Å². The van der Waals surface area contributed by atoms with E-state index in [0.717, 1.165) is 6.42 Å². The second-order valence-corrected chi connectivity index (χ2v) is 5.34. The van der Waals surface area contributed by atoms with Gasteiger partial charge >= 0.3 is 0 Å². The van der Waals surface area contributed by atoms with Crippen molar-refractivity contribution in [3.63, 3.8) is 0 Å². The van der Waals surface area contributed by atoms with E-state index in [1.54, 1.807) is 11.3 Å². The van der Waals surface area contributed by atoms with Gasteiger partial charge in [0.1, 0.15) is 0 Å².